The van der Waals surface area contributed by atoms with E-state index in [2.05, 4.69) is 22.3 Å². The van der Waals surface area contributed by atoms with E-state index in [-0.39, 0.29) is 29.5 Å². The van der Waals surface area contributed by atoms with Crippen molar-refractivity contribution in [1.82, 2.24) is 0 Å². The van der Waals surface area contributed by atoms with Gasteiger partial charge in [0.25, 0.3) is 5.91 Å². The summed E-state index contributed by atoms with van der Waals surface area (Å²) in [5.41, 5.74) is 3.92. The number of halogens is 1. The molecule has 3 aromatic rings. The van der Waals surface area contributed by atoms with Crippen LogP contribution in [-0.4, -0.2) is 26.2 Å². The van der Waals surface area contributed by atoms with Crippen LogP contribution in [-0.2, 0) is 11.3 Å². The number of unbranched alkanes of at least 4 members (excludes halogenated alkanes) is 11. The number of rotatable bonds is 21. The van der Waals surface area contributed by atoms with Gasteiger partial charge < -0.3 is 36.5 Å². The Labute approximate surface area is 261 Å². The molecule has 0 aliphatic heterocycles. The largest absolute Gasteiger partial charge is 1.00 e. The standard InChI is InChI=1S/C33H46N2O4S.BrH/c1-3-4-5-6-7-8-9-10-11-12-13-14-22-38-33-30(37-2)19-16-20-31(33)39-26-32(36)34-29-18-15-17-28(24-29)25-35-21-23-40-27-35;/h15-21,23-24,27H,3-14,22,25-26H2,1-2H3;1H. The molecule has 1 amide bonds. The predicted octanol–water partition coefficient (Wildman–Crippen LogP) is 5.19. The molecule has 6 nitrogen and oxygen atoms in total. The summed E-state index contributed by atoms with van der Waals surface area (Å²) in [5, 5.41) is 4.97. The molecule has 226 valence electrons. The lowest BCUT2D eigenvalue weighted by Crippen LogP contribution is -3.00. The Kier molecular flexibility index (Phi) is 17.9. The smallest absolute Gasteiger partial charge is 0.262 e. The minimum atomic E-state index is -0.227. The first-order valence-electron chi connectivity index (χ1n) is 14.9. The van der Waals surface area contributed by atoms with Gasteiger partial charge in [-0.2, -0.15) is 4.57 Å². The molecule has 0 spiro atoms. The van der Waals surface area contributed by atoms with Gasteiger partial charge in [0, 0.05) is 11.3 Å². The highest BCUT2D eigenvalue weighted by Crippen LogP contribution is 2.37. The first-order valence-corrected chi connectivity index (χ1v) is 15.9. The fourth-order valence-electron chi connectivity index (χ4n) is 4.68. The van der Waals surface area contributed by atoms with E-state index in [1.54, 1.807) is 18.4 Å². The summed E-state index contributed by atoms with van der Waals surface area (Å²) >= 11 is 1.65. The number of nitrogens with zero attached hydrogens (tertiary/aromatic N) is 1. The van der Waals surface area contributed by atoms with Crippen molar-refractivity contribution in [2.75, 3.05) is 25.6 Å². The average molecular weight is 648 g/mol. The molecule has 3 rings (SSSR count). The van der Waals surface area contributed by atoms with Crippen LogP contribution >= 0.6 is 11.3 Å². The molecule has 8 heteroatoms. The number of ether oxygens (including phenoxy) is 3. The maximum absolute atomic E-state index is 12.7. The number of nitrogens with one attached hydrogen (secondary N) is 1. The maximum Gasteiger partial charge on any atom is 0.262 e. The third kappa shape index (κ3) is 13.8. The van der Waals surface area contributed by atoms with Crippen molar-refractivity contribution in [3.63, 3.8) is 0 Å². The molecule has 0 aliphatic rings. The van der Waals surface area contributed by atoms with Gasteiger partial charge in [0.1, 0.15) is 0 Å². The van der Waals surface area contributed by atoms with Crippen LogP contribution in [0.1, 0.15) is 89.5 Å². The van der Waals surface area contributed by atoms with Crippen LogP contribution < -0.4 is 41.1 Å². The van der Waals surface area contributed by atoms with Crippen molar-refractivity contribution >= 4 is 22.9 Å². The van der Waals surface area contributed by atoms with E-state index >= 15 is 0 Å². The molecule has 0 unspecified atom stereocenters. The fourth-order valence-corrected chi connectivity index (χ4v) is 5.28. The Morgan fingerprint density at radius 3 is 2.17 bits per heavy atom. The Balaban J connectivity index is 0.00000588. The van der Waals surface area contributed by atoms with Crippen molar-refractivity contribution in [2.45, 2.75) is 90.5 Å². The lowest BCUT2D eigenvalue weighted by molar-refractivity contribution is -0.683. The van der Waals surface area contributed by atoms with E-state index in [1.807, 2.05) is 54.0 Å². The number of carbonyl (C=O) groups excluding carboxylic acids is 1. The molecule has 1 N–H and O–H groups in total. The van der Waals surface area contributed by atoms with Gasteiger partial charge in [0.05, 0.1) is 19.1 Å². The first-order chi connectivity index (χ1) is 19.7. The van der Waals surface area contributed by atoms with Gasteiger partial charge in [-0.15, -0.1) is 0 Å². The molecule has 0 aliphatic carbocycles. The quantitative estimate of drug-likeness (QED) is 0.128. The summed E-state index contributed by atoms with van der Waals surface area (Å²) in [4.78, 5) is 12.7. The summed E-state index contributed by atoms with van der Waals surface area (Å²) in [6.07, 6.45) is 17.6. The fraction of sp³-hybridized carbons (Fsp3) is 0.515. The van der Waals surface area contributed by atoms with E-state index in [0.717, 1.165) is 30.6 Å². The molecule has 41 heavy (non-hydrogen) atoms. The normalized spacial score (nSPS) is 10.6. The second kappa shape index (κ2) is 21.2. The van der Waals surface area contributed by atoms with Gasteiger partial charge in [-0.05, 0) is 30.7 Å². The molecular weight excluding hydrogens is 600 g/mol. The number of para-hydroxylation sites is 1. The summed E-state index contributed by atoms with van der Waals surface area (Å²) in [7, 11) is 1.61. The van der Waals surface area contributed by atoms with E-state index in [1.165, 1.54) is 64.2 Å². The Bertz CT molecular complexity index is 1110. The van der Waals surface area contributed by atoms with Crippen molar-refractivity contribution in [3.05, 3.63) is 65.1 Å². The molecule has 1 aromatic heterocycles. The maximum atomic E-state index is 12.7. The summed E-state index contributed by atoms with van der Waals surface area (Å²) < 4.78 is 19.6. The molecule has 0 fully saturated rings. The monoisotopic (exact) mass is 646 g/mol. The number of thiazole rings is 1. The van der Waals surface area contributed by atoms with E-state index < -0.39 is 0 Å². The zero-order chi connectivity index (χ0) is 28.3. The van der Waals surface area contributed by atoms with Gasteiger partial charge in [0.15, 0.2) is 30.8 Å². The predicted molar refractivity (Wildman–Crippen MR) is 164 cm³/mol. The number of methoxy groups -OCH3 is 1. The van der Waals surface area contributed by atoms with Crippen molar-refractivity contribution in [1.29, 1.82) is 0 Å². The number of hydrogen-bond donors (Lipinski definition) is 1. The van der Waals surface area contributed by atoms with E-state index in [0.29, 0.717) is 23.9 Å². The molecular formula is C33H47BrN2O4S. The Hall–Kier alpha value is -2.58. The first kappa shape index (κ1) is 34.6. The molecule has 2 aromatic carbocycles. The second-order valence-electron chi connectivity index (χ2n) is 10.3. The molecule has 0 saturated carbocycles. The SMILES string of the molecule is CCCCCCCCCCCCCCOc1c(OC)cccc1OCC(=O)Nc1cccc(C[n+]2ccsc2)c1.[Br-]. The number of benzene rings is 2. The lowest BCUT2D eigenvalue weighted by atomic mass is 10.1. The molecule has 0 radical (unpaired) electrons. The highest BCUT2D eigenvalue weighted by Gasteiger charge is 2.14. The number of hydrogen-bond acceptors (Lipinski definition) is 5. The zero-order valence-corrected chi connectivity index (χ0v) is 27.1. The van der Waals surface area contributed by atoms with Crippen LogP contribution in [0.15, 0.2) is 59.6 Å². The number of aromatic nitrogens is 1. The minimum absolute atomic E-state index is 0. The molecule has 0 bridgehead atoms. The van der Waals surface area contributed by atoms with E-state index in [4.69, 9.17) is 14.2 Å². The second-order valence-corrected chi connectivity index (χ2v) is 11.0. The van der Waals surface area contributed by atoms with Crippen LogP contribution in [0.5, 0.6) is 17.2 Å². The highest BCUT2D eigenvalue weighted by molar-refractivity contribution is 7.07. The van der Waals surface area contributed by atoms with Crippen LogP contribution in [0.4, 0.5) is 5.69 Å². The van der Waals surface area contributed by atoms with Gasteiger partial charge in [-0.1, -0.05) is 107 Å². The van der Waals surface area contributed by atoms with Crippen LogP contribution in [0.2, 0.25) is 0 Å². The van der Waals surface area contributed by atoms with E-state index in [9.17, 15) is 4.79 Å². The number of anilines is 1. The lowest BCUT2D eigenvalue weighted by Gasteiger charge is -2.15. The summed E-state index contributed by atoms with van der Waals surface area (Å²) in [6.45, 7) is 3.50. The highest BCUT2D eigenvalue weighted by atomic mass is 79.9. The molecule has 1 heterocycles. The van der Waals surface area contributed by atoms with Gasteiger partial charge in [-0.25, -0.2) is 0 Å². The average Bonchev–Trinajstić information content (AvgIpc) is 3.48. The summed E-state index contributed by atoms with van der Waals surface area (Å²) in [6, 6.07) is 13.4. The third-order valence-electron chi connectivity index (χ3n) is 6.87. The van der Waals surface area contributed by atoms with Crippen LogP contribution in [0.25, 0.3) is 0 Å². The summed E-state index contributed by atoms with van der Waals surface area (Å²) in [5.74, 6) is 1.44. The Morgan fingerprint density at radius 1 is 0.854 bits per heavy atom. The minimum Gasteiger partial charge on any atom is -1.00 e. The van der Waals surface area contributed by atoms with Crippen molar-refractivity contribution in [2.24, 2.45) is 0 Å². The number of carbonyl (C=O) groups is 1. The van der Waals surface area contributed by atoms with Crippen LogP contribution in [0, 0.1) is 0 Å². The van der Waals surface area contributed by atoms with Gasteiger partial charge in [-0.3, -0.25) is 4.79 Å². The zero-order valence-electron chi connectivity index (χ0n) is 24.7. The van der Waals surface area contributed by atoms with Gasteiger partial charge >= 0.3 is 0 Å². The van der Waals surface area contributed by atoms with Crippen molar-refractivity contribution in [3.8, 4) is 17.2 Å². The number of amides is 1. The molecule has 0 atom stereocenters. The molecule has 0 saturated heterocycles. The van der Waals surface area contributed by atoms with Gasteiger partial charge in [0.2, 0.25) is 11.3 Å². The van der Waals surface area contributed by atoms with Crippen LogP contribution in [0.3, 0.4) is 0 Å². The van der Waals surface area contributed by atoms with Crippen molar-refractivity contribution < 1.29 is 40.6 Å². The Morgan fingerprint density at radius 2 is 1.51 bits per heavy atom. The topological polar surface area (TPSA) is 60.7 Å². The third-order valence-corrected chi connectivity index (χ3v) is 7.54.